The van der Waals surface area contributed by atoms with Gasteiger partial charge in [0.25, 0.3) is 0 Å². The molecule has 1 aliphatic rings. The van der Waals surface area contributed by atoms with E-state index in [1.165, 1.54) is 25.9 Å². The lowest BCUT2D eigenvalue weighted by molar-refractivity contribution is 0.193. The third-order valence-electron chi connectivity index (χ3n) is 2.52. The Morgan fingerprint density at radius 3 is 2.30 bits per heavy atom. The molecule has 1 fully saturated rings. The molecule has 0 bridgehead atoms. The summed E-state index contributed by atoms with van der Waals surface area (Å²) in [6.45, 7) is 9.47. The van der Waals surface area contributed by atoms with Crippen LogP contribution in [-0.4, -0.2) is 13.1 Å². The molecule has 1 heteroatoms. The number of hydrogen-bond acceptors (Lipinski definition) is 1. The maximum atomic E-state index is 3.44. The van der Waals surface area contributed by atoms with E-state index in [0.29, 0.717) is 5.41 Å². The van der Waals surface area contributed by atoms with Gasteiger partial charge in [0.2, 0.25) is 0 Å². The fourth-order valence-corrected chi connectivity index (χ4v) is 1.59. The summed E-state index contributed by atoms with van der Waals surface area (Å²) in [4.78, 5) is 0. The lowest BCUT2D eigenvalue weighted by atomic mass is 9.77. The van der Waals surface area contributed by atoms with E-state index in [1.807, 2.05) is 0 Å². The first-order valence-electron chi connectivity index (χ1n) is 4.31. The highest BCUT2D eigenvalue weighted by Crippen LogP contribution is 2.30. The summed E-state index contributed by atoms with van der Waals surface area (Å²) in [5.74, 6) is 0.890. The second-order valence-corrected chi connectivity index (χ2v) is 4.41. The molecular weight excluding hydrogens is 122 g/mol. The molecule has 0 radical (unpaired) electrons. The van der Waals surface area contributed by atoms with Crippen molar-refractivity contribution in [3.63, 3.8) is 0 Å². The first kappa shape index (κ1) is 8.06. The van der Waals surface area contributed by atoms with Gasteiger partial charge in [-0.2, -0.15) is 0 Å². The fraction of sp³-hybridized carbons (Fsp3) is 1.00. The second kappa shape index (κ2) is 2.91. The average molecular weight is 141 g/mol. The van der Waals surface area contributed by atoms with Gasteiger partial charge in [0.15, 0.2) is 0 Å². The first-order chi connectivity index (χ1) is 4.61. The summed E-state index contributed by atoms with van der Waals surface area (Å²) < 4.78 is 0. The third-order valence-corrected chi connectivity index (χ3v) is 2.52. The Morgan fingerprint density at radius 2 is 2.00 bits per heavy atom. The predicted molar refractivity (Wildman–Crippen MR) is 45.0 cm³/mol. The highest BCUT2D eigenvalue weighted by Gasteiger charge is 2.25. The summed E-state index contributed by atoms with van der Waals surface area (Å²) >= 11 is 0. The van der Waals surface area contributed by atoms with Crippen molar-refractivity contribution in [1.82, 2.24) is 5.32 Å². The molecule has 1 N–H and O–H groups in total. The van der Waals surface area contributed by atoms with Crippen LogP contribution in [-0.2, 0) is 0 Å². The Balaban J connectivity index is 2.39. The van der Waals surface area contributed by atoms with Crippen LogP contribution in [0.15, 0.2) is 0 Å². The van der Waals surface area contributed by atoms with E-state index in [-0.39, 0.29) is 0 Å². The largest absolute Gasteiger partial charge is 0.316 e. The van der Waals surface area contributed by atoms with Gasteiger partial charge in [-0.25, -0.2) is 0 Å². The maximum Gasteiger partial charge on any atom is -0.00155 e. The molecule has 1 nitrogen and oxygen atoms in total. The van der Waals surface area contributed by atoms with Crippen molar-refractivity contribution >= 4 is 0 Å². The molecule has 0 aromatic carbocycles. The molecule has 1 atom stereocenters. The molecule has 0 unspecified atom stereocenters. The van der Waals surface area contributed by atoms with Gasteiger partial charge < -0.3 is 5.32 Å². The molecule has 1 heterocycles. The average Bonchev–Trinajstić information content (AvgIpc) is 1.88. The van der Waals surface area contributed by atoms with Crippen LogP contribution in [0, 0.1) is 11.3 Å². The Morgan fingerprint density at radius 1 is 1.30 bits per heavy atom. The van der Waals surface area contributed by atoms with Crippen molar-refractivity contribution in [2.45, 2.75) is 33.6 Å². The molecule has 0 saturated carbocycles. The topological polar surface area (TPSA) is 12.0 Å². The van der Waals surface area contributed by atoms with E-state index < -0.39 is 0 Å². The van der Waals surface area contributed by atoms with E-state index in [4.69, 9.17) is 0 Å². The molecule has 1 aliphatic heterocycles. The van der Waals surface area contributed by atoms with Crippen molar-refractivity contribution in [2.75, 3.05) is 13.1 Å². The highest BCUT2D eigenvalue weighted by molar-refractivity contribution is 4.79. The Labute approximate surface area is 64.2 Å². The number of hydrogen-bond donors (Lipinski definition) is 1. The molecule has 1 saturated heterocycles. The molecule has 60 valence electrons. The van der Waals surface area contributed by atoms with Gasteiger partial charge in [-0.05, 0) is 37.3 Å². The van der Waals surface area contributed by atoms with Crippen molar-refractivity contribution < 1.29 is 0 Å². The molecule has 1 rings (SSSR count). The molecule has 10 heavy (non-hydrogen) atoms. The van der Waals surface area contributed by atoms with Crippen LogP contribution in [0.2, 0.25) is 0 Å². The standard InChI is InChI=1S/C9H19N/c1-9(2,3)8-5-4-6-10-7-8/h8,10H,4-7H2,1-3H3/t8-/m0/s1. The van der Waals surface area contributed by atoms with Crippen LogP contribution < -0.4 is 5.32 Å². The zero-order valence-corrected chi connectivity index (χ0v) is 7.41. The van der Waals surface area contributed by atoms with Crippen molar-refractivity contribution in [1.29, 1.82) is 0 Å². The van der Waals surface area contributed by atoms with Gasteiger partial charge in [-0.15, -0.1) is 0 Å². The Hall–Kier alpha value is -0.0400. The second-order valence-electron chi connectivity index (χ2n) is 4.41. The fourth-order valence-electron chi connectivity index (χ4n) is 1.59. The van der Waals surface area contributed by atoms with Crippen LogP contribution in [0.1, 0.15) is 33.6 Å². The summed E-state index contributed by atoms with van der Waals surface area (Å²) in [5, 5.41) is 3.44. The van der Waals surface area contributed by atoms with Crippen LogP contribution in [0.4, 0.5) is 0 Å². The Kier molecular flexibility index (Phi) is 2.35. The molecular formula is C9H19N. The van der Waals surface area contributed by atoms with Gasteiger partial charge in [0, 0.05) is 0 Å². The van der Waals surface area contributed by atoms with Gasteiger partial charge >= 0.3 is 0 Å². The number of nitrogens with one attached hydrogen (secondary N) is 1. The van der Waals surface area contributed by atoms with Crippen molar-refractivity contribution in [3.05, 3.63) is 0 Å². The smallest absolute Gasteiger partial charge is 0.00155 e. The quantitative estimate of drug-likeness (QED) is 0.544. The maximum absolute atomic E-state index is 3.44. The van der Waals surface area contributed by atoms with E-state index in [9.17, 15) is 0 Å². The molecule has 0 spiro atoms. The highest BCUT2D eigenvalue weighted by atomic mass is 14.9. The van der Waals surface area contributed by atoms with E-state index >= 15 is 0 Å². The van der Waals surface area contributed by atoms with Crippen LogP contribution in [0.3, 0.4) is 0 Å². The summed E-state index contributed by atoms with van der Waals surface area (Å²) in [6, 6.07) is 0. The molecule has 0 aliphatic carbocycles. The summed E-state index contributed by atoms with van der Waals surface area (Å²) in [6.07, 6.45) is 2.78. The summed E-state index contributed by atoms with van der Waals surface area (Å²) in [5.41, 5.74) is 0.507. The number of rotatable bonds is 0. The third kappa shape index (κ3) is 1.98. The van der Waals surface area contributed by atoms with E-state index in [0.717, 1.165) is 5.92 Å². The Bertz CT molecular complexity index is 95.8. The van der Waals surface area contributed by atoms with Gasteiger partial charge in [-0.3, -0.25) is 0 Å². The normalized spacial score (nSPS) is 28.5. The zero-order valence-electron chi connectivity index (χ0n) is 7.41. The predicted octanol–water partition coefficient (Wildman–Crippen LogP) is 2.03. The van der Waals surface area contributed by atoms with Crippen LogP contribution >= 0.6 is 0 Å². The first-order valence-corrected chi connectivity index (χ1v) is 4.31. The molecule has 0 aromatic heterocycles. The SMILES string of the molecule is CC(C)(C)[C@H]1CCCNC1. The number of piperidine rings is 1. The van der Waals surface area contributed by atoms with E-state index in [1.54, 1.807) is 0 Å². The minimum Gasteiger partial charge on any atom is -0.316 e. The van der Waals surface area contributed by atoms with Gasteiger partial charge in [-0.1, -0.05) is 20.8 Å². The van der Waals surface area contributed by atoms with Crippen LogP contribution in [0.25, 0.3) is 0 Å². The minimum absolute atomic E-state index is 0.507. The van der Waals surface area contributed by atoms with Crippen molar-refractivity contribution in [2.24, 2.45) is 11.3 Å². The van der Waals surface area contributed by atoms with E-state index in [2.05, 4.69) is 26.1 Å². The summed E-state index contributed by atoms with van der Waals surface area (Å²) in [7, 11) is 0. The zero-order chi connectivity index (χ0) is 7.61. The molecule has 0 amide bonds. The monoisotopic (exact) mass is 141 g/mol. The lowest BCUT2D eigenvalue weighted by Gasteiger charge is -2.34. The van der Waals surface area contributed by atoms with Crippen molar-refractivity contribution in [3.8, 4) is 0 Å². The minimum atomic E-state index is 0.507. The van der Waals surface area contributed by atoms with Crippen LogP contribution in [0.5, 0.6) is 0 Å². The molecule has 0 aromatic rings. The lowest BCUT2D eigenvalue weighted by Crippen LogP contribution is -2.36. The van der Waals surface area contributed by atoms with Gasteiger partial charge in [0.1, 0.15) is 0 Å². The van der Waals surface area contributed by atoms with Gasteiger partial charge in [0.05, 0.1) is 0 Å².